The lowest BCUT2D eigenvalue weighted by atomic mass is 10.3. The molecule has 0 aliphatic rings. The fourth-order valence-corrected chi connectivity index (χ4v) is 0.890. The second-order valence-corrected chi connectivity index (χ2v) is 2.87. The molecule has 14 heavy (non-hydrogen) atoms. The molecule has 1 N–H and O–H groups in total. The third-order valence-electron chi connectivity index (χ3n) is 1.27. The number of carbonyl (C=O) groups excluding carboxylic acids is 1. The predicted octanol–water partition coefficient (Wildman–Crippen LogP) is 1.55. The molecule has 0 aliphatic carbocycles. The topological polar surface area (TPSA) is 106 Å². The first kappa shape index (κ1) is 10.4. The molecule has 0 amide bonds. The molecule has 0 saturated heterocycles. The average molecular weight is 263 g/mol. The van der Waals surface area contributed by atoms with E-state index in [0.29, 0.717) is 0 Å². The number of oxime groups is 1. The van der Waals surface area contributed by atoms with Crippen molar-refractivity contribution in [1.29, 1.82) is 0 Å². The van der Waals surface area contributed by atoms with E-state index in [1.54, 1.807) is 0 Å². The highest BCUT2D eigenvalue weighted by Crippen LogP contribution is 2.17. The molecule has 0 saturated carbocycles. The van der Waals surface area contributed by atoms with E-state index in [9.17, 15) is 14.9 Å². The maximum absolute atomic E-state index is 11.2. The van der Waals surface area contributed by atoms with Crippen LogP contribution in [0.3, 0.4) is 0 Å². The van der Waals surface area contributed by atoms with Gasteiger partial charge in [-0.25, -0.2) is 0 Å². The Labute approximate surface area is 85.3 Å². The molecule has 0 bridgehead atoms. The van der Waals surface area contributed by atoms with Crippen LogP contribution in [-0.4, -0.2) is 20.5 Å². The average Bonchev–Trinajstić information content (AvgIpc) is 2.64. The van der Waals surface area contributed by atoms with Crippen LogP contribution in [0.5, 0.6) is 0 Å². The number of nitro groups is 1. The Bertz CT molecular complexity index is 410. The van der Waals surface area contributed by atoms with Gasteiger partial charge in [0.05, 0.1) is 6.07 Å². The largest absolute Gasteiger partial charge is 0.433 e. The van der Waals surface area contributed by atoms with Gasteiger partial charge in [-0.05, 0) is 22.0 Å². The molecule has 1 aromatic heterocycles. The van der Waals surface area contributed by atoms with Gasteiger partial charge in [0.15, 0.2) is 10.4 Å². The maximum Gasteiger partial charge on any atom is 0.433 e. The summed E-state index contributed by atoms with van der Waals surface area (Å²) in [6.45, 7) is 0. The van der Waals surface area contributed by atoms with Crippen LogP contribution >= 0.6 is 15.9 Å². The highest BCUT2D eigenvalue weighted by molar-refractivity contribution is 9.19. The zero-order valence-corrected chi connectivity index (χ0v) is 8.09. The third-order valence-corrected chi connectivity index (χ3v) is 1.79. The first-order valence-electron chi connectivity index (χ1n) is 3.22. The van der Waals surface area contributed by atoms with Gasteiger partial charge < -0.3 is 9.62 Å². The molecule has 0 atom stereocenters. The van der Waals surface area contributed by atoms with Crippen molar-refractivity contribution in [3.63, 3.8) is 0 Å². The molecular weight excluding hydrogens is 260 g/mol. The van der Waals surface area contributed by atoms with Crippen molar-refractivity contribution in [2.45, 2.75) is 0 Å². The van der Waals surface area contributed by atoms with Crippen molar-refractivity contribution >= 4 is 32.2 Å². The molecule has 0 unspecified atom stereocenters. The van der Waals surface area contributed by atoms with E-state index in [2.05, 4.69) is 25.5 Å². The monoisotopic (exact) mass is 262 g/mol. The quantitative estimate of drug-likeness (QED) is 0.293. The van der Waals surface area contributed by atoms with Crippen LogP contribution in [0.2, 0.25) is 0 Å². The fourth-order valence-electron chi connectivity index (χ4n) is 0.695. The number of Topliss-reactive ketones (excluding diaryl/α,β-unsaturated/α-hetero) is 1. The summed E-state index contributed by atoms with van der Waals surface area (Å²) in [6, 6.07) is 2.15. The van der Waals surface area contributed by atoms with Gasteiger partial charge >= 0.3 is 5.88 Å². The molecule has 0 aromatic carbocycles. The van der Waals surface area contributed by atoms with Crippen LogP contribution in [-0.2, 0) is 0 Å². The minimum absolute atomic E-state index is 0.277. The first-order chi connectivity index (χ1) is 6.56. The Morgan fingerprint density at radius 2 is 2.29 bits per heavy atom. The summed E-state index contributed by atoms with van der Waals surface area (Å²) in [6.07, 6.45) is 0. The van der Waals surface area contributed by atoms with Crippen LogP contribution in [0.25, 0.3) is 0 Å². The summed E-state index contributed by atoms with van der Waals surface area (Å²) in [4.78, 5) is 20.6. The molecule has 7 nitrogen and oxygen atoms in total. The lowest BCUT2D eigenvalue weighted by Crippen LogP contribution is -2.05. The maximum atomic E-state index is 11.2. The molecule has 1 rings (SSSR count). The lowest BCUT2D eigenvalue weighted by Gasteiger charge is -1.89. The number of hydrogen-bond acceptors (Lipinski definition) is 6. The van der Waals surface area contributed by atoms with E-state index in [1.807, 2.05) is 0 Å². The van der Waals surface area contributed by atoms with Crippen LogP contribution in [0, 0.1) is 10.1 Å². The molecule has 0 radical (unpaired) electrons. The van der Waals surface area contributed by atoms with Crippen molar-refractivity contribution < 1.29 is 19.3 Å². The highest BCUT2D eigenvalue weighted by atomic mass is 79.9. The Balaban J connectivity index is 2.98. The Morgan fingerprint density at radius 3 is 2.71 bits per heavy atom. The SMILES string of the molecule is O=C(/C(Br)=N/O)c1ccc([N+](=O)[O-])o1. The van der Waals surface area contributed by atoms with Crippen molar-refractivity contribution in [2.24, 2.45) is 5.16 Å². The Hall–Kier alpha value is -1.70. The minimum Gasteiger partial charge on any atom is -0.410 e. The standard InChI is InChI=1S/C6H3BrN2O5/c7-6(8-11)5(10)3-1-2-4(14-3)9(12)13/h1-2,11H/b8-6-. The van der Waals surface area contributed by atoms with Gasteiger partial charge in [-0.1, -0.05) is 5.16 Å². The predicted molar refractivity (Wildman–Crippen MR) is 47.8 cm³/mol. The summed E-state index contributed by atoms with van der Waals surface area (Å²) >= 11 is 2.65. The van der Waals surface area contributed by atoms with Gasteiger partial charge in [0.2, 0.25) is 0 Å². The fraction of sp³-hybridized carbons (Fsp3) is 0. The molecule has 0 aliphatic heterocycles. The summed E-state index contributed by atoms with van der Waals surface area (Å²) < 4.78 is 4.17. The normalized spacial score (nSPS) is 11.4. The molecule has 8 heteroatoms. The van der Waals surface area contributed by atoms with Crippen molar-refractivity contribution in [1.82, 2.24) is 0 Å². The Morgan fingerprint density at radius 1 is 1.64 bits per heavy atom. The highest BCUT2D eigenvalue weighted by Gasteiger charge is 2.20. The zero-order chi connectivity index (χ0) is 10.7. The molecule has 74 valence electrons. The molecule has 1 heterocycles. The number of halogens is 1. The van der Waals surface area contributed by atoms with Crippen LogP contribution < -0.4 is 0 Å². The summed E-state index contributed by atoms with van der Waals surface area (Å²) in [5, 5.41) is 21.0. The Kier molecular flexibility index (Phi) is 2.97. The van der Waals surface area contributed by atoms with Gasteiger partial charge in [0.25, 0.3) is 5.78 Å². The number of furan rings is 1. The van der Waals surface area contributed by atoms with Crippen LogP contribution in [0.15, 0.2) is 21.7 Å². The molecule has 0 fully saturated rings. The molecule has 0 spiro atoms. The van der Waals surface area contributed by atoms with E-state index in [0.717, 1.165) is 12.1 Å². The van der Waals surface area contributed by atoms with Gasteiger partial charge in [-0.3, -0.25) is 14.9 Å². The summed E-state index contributed by atoms with van der Waals surface area (Å²) in [5.41, 5.74) is 0. The van der Waals surface area contributed by atoms with Crippen LogP contribution in [0.4, 0.5) is 5.88 Å². The number of ketones is 1. The molecular formula is C6H3BrN2O5. The van der Waals surface area contributed by atoms with E-state index in [1.165, 1.54) is 0 Å². The van der Waals surface area contributed by atoms with Crippen LogP contribution in [0.1, 0.15) is 10.6 Å². The zero-order valence-electron chi connectivity index (χ0n) is 6.51. The number of nitrogens with zero attached hydrogens (tertiary/aromatic N) is 2. The van der Waals surface area contributed by atoms with Gasteiger partial charge in [0, 0.05) is 0 Å². The van der Waals surface area contributed by atoms with E-state index in [4.69, 9.17) is 5.21 Å². The van der Waals surface area contributed by atoms with E-state index < -0.39 is 16.6 Å². The number of hydrogen-bond donors (Lipinski definition) is 1. The lowest BCUT2D eigenvalue weighted by molar-refractivity contribution is -0.402. The van der Waals surface area contributed by atoms with E-state index in [-0.39, 0.29) is 10.4 Å². The minimum atomic E-state index is -0.777. The van der Waals surface area contributed by atoms with Gasteiger partial charge in [-0.15, -0.1) is 0 Å². The molecule has 1 aromatic rings. The second kappa shape index (κ2) is 4.01. The van der Waals surface area contributed by atoms with Gasteiger partial charge in [-0.2, -0.15) is 0 Å². The number of carbonyl (C=O) groups is 1. The second-order valence-electron chi connectivity index (χ2n) is 2.11. The first-order valence-corrected chi connectivity index (χ1v) is 4.02. The van der Waals surface area contributed by atoms with Crippen molar-refractivity contribution in [3.8, 4) is 0 Å². The van der Waals surface area contributed by atoms with Crippen molar-refractivity contribution in [3.05, 3.63) is 28.0 Å². The van der Waals surface area contributed by atoms with E-state index >= 15 is 0 Å². The third kappa shape index (κ3) is 1.96. The summed E-state index contributed by atoms with van der Waals surface area (Å²) in [7, 11) is 0. The van der Waals surface area contributed by atoms with Gasteiger partial charge in [0.1, 0.15) is 4.92 Å². The smallest absolute Gasteiger partial charge is 0.410 e. The summed E-state index contributed by atoms with van der Waals surface area (Å²) in [5.74, 6) is -1.60. The van der Waals surface area contributed by atoms with Crippen molar-refractivity contribution in [2.75, 3.05) is 0 Å². The number of rotatable bonds is 3.